The van der Waals surface area contributed by atoms with Crippen molar-refractivity contribution in [3.05, 3.63) is 47.6 Å². The molecule has 4 heteroatoms. The van der Waals surface area contributed by atoms with E-state index in [4.69, 9.17) is 4.74 Å². The van der Waals surface area contributed by atoms with Gasteiger partial charge in [0.1, 0.15) is 5.75 Å². The van der Waals surface area contributed by atoms with Crippen molar-refractivity contribution in [2.24, 2.45) is 0 Å². The minimum absolute atomic E-state index is 0.257. The van der Waals surface area contributed by atoms with Crippen LogP contribution in [0.15, 0.2) is 36.4 Å². The summed E-state index contributed by atoms with van der Waals surface area (Å²) in [7, 11) is 1.60. The van der Waals surface area contributed by atoms with Crippen LogP contribution in [0.3, 0.4) is 0 Å². The number of hydrogen-bond donors (Lipinski definition) is 0. The number of nitrogens with zero attached hydrogens (tertiary/aromatic N) is 1. The summed E-state index contributed by atoms with van der Waals surface area (Å²) in [5.74, 6) is 0.196. The Labute approximate surface area is 118 Å². The molecular weight excluding hydrogens is 254 g/mol. The van der Waals surface area contributed by atoms with Gasteiger partial charge in [-0.25, -0.2) is 0 Å². The molecule has 0 aromatic heterocycles. The Hall–Kier alpha value is -2.36. The molecular formula is C16H17NO3. The summed E-state index contributed by atoms with van der Waals surface area (Å²) in [6, 6.07) is 5.71. The van der Waals surface area contributed by atoms with Crippen LogP contribution < -0.4 is 4.74 Å². The summed E-state index contributed by atoms with van der Waals surface area (Å²) in [4.78, 5) is 24.8. The number of amides is 2. The van der Waals surface area contributed by atoms with Crippen LogP contribution in [-0.4, -0.2) is 30.4 Å². The molecule has 1 aliphatic rings. The van der Waals surface area contributed by atoms with Gasteiger partial charge in [-0.3, -0.25) is 14.5 Å². The van der Waals surface area contributed by atoms with Crippen LogP contribution in [0, 0.1) is 6.92 Å². The molecule has 104 valence electrons. The van der Waals surface area contributed by atoms with Crippen molar-refractivity contribution in [1.82, 2.24) is 4.90 Å². The lowest BCUT2D eigenvalue weighted by Gasteiger charge is -2.19. The second kappa shape index (κ2) is 6.19. The van der Waals surface area contributed by atoms with E-state index in [0.717, 1.165) is 16.9 Å². The van der Waals surface area contributed by atoms with Gasteiger partial charge in [0, 0.05) is 12.6 Å². The highest BCUT2D eigenvalue weighted by Crippen LogP contribution is 2.17. The highest BCUT2D eigenvalue weighted by atomic mass is 16.5. The van der Waals surface area contributed by atoms with Gasteiger partial charge < -0.3 is 4.74 Å². The van der Waals surface area contributed by atoms with Gasteiger partial charge in [0.05, 0.1) is 7.11 Å². The largest absolute Gasteiger partial charge is 0.497 e. The summed E-state index contributed by atoms with van der Waals surface area (Å²) in [5.41, 5.74) is 1.92. The predicted molar refractivity (Wildman–Crippen MR) is 77.2 cm³/mol. The molecule has 4 nitrogen and oxygen atoms in total. The summed E-state index contributed by atoms with van der Waals surface area (Å²) >= 11 is 0. The first-order valence-corrected chi connectivity index (χ1v) is 6.46. The normalized spacial score (nSPS) is 14.9. The van der Waals surface area contributed by atoms with Gasteiger partial charge >= 0.3 is 0 Å². The van der Waals surface area contributed by atoms with Crippen LogP contribution in [-0.2, 0) is 9.59 Å². The standard InChI is InChI=1S/C16H17NO3/c1-12-9-13(11-14(10-12)20-2)6-7-16(19)17-8-4-3-5-15(17)18/h3,5-7,9-11H,4,8H2,1-2H3/b7-6+. The first kappa shape index (κ1) is 14.1. The van der Waals surface area contributed by atoms with Gasteiger partial charge in [0.25, 0.3) is 11.8 Å². The van der Waals surface area contributed by atoms with Crippen molar-refractivity contribution in [3.63, 3.8) is 0 Å². The van der Waals surface area contributed by atoms with Gasteiger partial charge in [-0.05, 0) is 48.8 Å². The molecule has 1 heterocycles. The van der Waals surface area contributed by atoms with Gasteiger partial charge in [0.2, 0.25) is 0 Å². The molecule has 0 bridgehead atoms. The minimum atomic E-state index is -0.292. The van der Waals surface area contributed by atoms with Crippen molar-refractivity contribution < 1.29 is 14.3 Å². The van der Waals surface area contributed by atoms with E-state index < -0.39 is 0 Å². The summed E-state index contributed by atoms with van der Waals surface area (Å²) < 4.78 is 5.18. The lowest BCUT2D eigenvalue weighted by molar-refractivity contribution is -0.139. The maximum atomic E-state index is 12.0. The summed E-state index contributed by atoms with van der Waals surface area (Å²) in [6.45, 7) is 2.40. The maximum absolute atomic E-state index is 12.0. The van der Waals surface area contributed by atoms with Crippen molar-refractivity contribution in [1.29, 1.82) is 0 Å². The van der Waals surface area contributed by atoms with Crippen LogP contribution in [0.5, 0.6) is 5.75 Å². The van der Waals surface area contributed by atoms with Crippen molar-refractivity contribution in [3.8, 4) is 5.75 Å². The SMILES string of the molecule is COc1cc(C)cc(/C=C/C(=O)N2CCC=CC2=O)c1. The van der Waals surface area contributed by atoms with Crippen LogP contribution in [0.1, 0.15) is 17.5 Å². The van der Waals surface area contributed by atoms with Crippen molar-refractivity contribution >= 4 is 17.9 Å². The third-order valence-electron chi connectivity index (χ3n) is 3.04. The smallest absolute Gasteiger partial charge is 0.253 e. The molecule has 0 aliphatic carbocycles. The van der Waals surface area contributed by atoms with Crippen molar-refractivity contribution in [2.75, 3.05) is 13.7 Å². The average molecular weight is 271 g/mol. The zero-order valence-electron chi connectivity index (χ0n) is 11.6. The Morgan fingerprint density at radius 1 is 1.35 bits per heavy atom. The number of ether oxygens (including phenoxy) is 1. The fourth-order valence-corrected chi connectivity index (χ4v) is 2.05. The van der Waals surface area contributed by atoms with Crippen LogP contribution in [0.4, 0.5) is 0 Å². The zero-order chi connectivity index (χ0) is 14.5. The lowest BCUT2D eigenvalue weighted by atomic mass is 10.1. The summed E-state index contributed by atoms with van der Waals surface area (Å²) in [6.07, 6.45) is 7.05. The number of imide groups is 1. The average Bonchev–Trinajstić information content (AvgIpc) is 2.44. The highest BCUT2D eigenvalue weighted by Gasteiger charge is 2.18. The zero-order valence-corrected chi connectivity index (χ0v) is 11.6. The molecule has 20 heavy (non-hydrogen) atoms. The number of carbonyl (C=O) groups excluding carboxylic acids is 2. The molecule has 0 unspecified atom stereocenters. The predicted octanol–water partition coefficient (Wildman–Crippen LogP) is 2.33. The Morgan fingerprint density at radius 3 is 2.85 bits per heavy atom. The molecule has 2 rings (SSSR count). The topological polar surface area (TPSA) is 46.6 Å². The molecule has 2 amide bonds. The Morgan fingerprint density at radius 2 is 2.15 bits per heavy atom. The highest BCUT2D eigenvalue weighted by molar-refractivity contribution is 6.06. The number of hydrogen-bond acceptors (Lipinski definition) is 3. The van der Waals surface area contributed by atoms with Gasteiger partial charge in [-0.15, -0.1) is 0 Å². The monoisotopic (exact) mass is 271 g/mol. The van der Waals surface area contributed by atoms with E-state index in [0.29, 0.717) is 13.0 Å². The van der Waals surface area contributed by atoms with E-state index in [2.05, 4.69) is 0 Å². The molecule has 0 spiro atoms. The fraction of sp³-hybridized carbons (Fsp3) is 0.250. The molecule has 0 saturated heterocycles. The number of rotatable bonds is 3. The first-order chi connectivity index (χ1) is 9.60. The van der Waals surface area contributed by atoms with E-state index in [9.17, 15) is 9.59 Å². The van der Waals surface area contributed by atoms with E-state index in [1.54, 1.807) is 19.3 Å². The fourth-order valence-electron chi connectivity index (χ4n) is 2.05. The van der Waals surface area contributed by atoms with Crippen molar-refractivity contribution in [2.45, 2.75) is 13.3 Å². The van der Waals surface area contributed by atoms with Crippen LogP contribution in [0.2, 0.25) is 0 Å². The molecule has 1 aliphatic heterocycles. The lowest BCUT2D eigenvalue weighted by Crippen LogP contribution is -2.37. The quantitative estimate of drug-likeness (QED) is 0.793. The maximum Gasteiger partial charge on any atom is 0.253 e. The van der Waals surface area contributed by atoms with E-state index in [1.165, 1.54) is 17.1 Å². The minimum Gasteiger partial charge on any atom is -0.497 e. The number of carbonyl (C=O) groups is 2. The third-order valence-corrected chi connectivity index (χ3v) is 3.04. The second-order valence-corrected chi connectivity index (χ2v) is 4.64. The number of aryl methyl sites for hydroxylation is 1. The molecule has 1 aromatic carbocycles. The van der Waals surface area contributed by atoms with E-state index >= 15 is 0 Å². The number of benzene rings is 1. The Kier molecular flexibility index (Phi) is 4.35. The second-order valence-electron chi connectivity index (χ2n) is 4.64. The van der Waals surface area contributed by atoms with Gasteiger partial charge in [-0.1, -0.05) is 12.1 Å². The molecule has 0 atom stereocenters. The Balaban J connectivity index is 2.12. The van der Waals surface area contributed by atoms with Gasteiger partial charge in [-0.2, -0.15) is 0 Å². The van der Waals surface area contributed by atoms with Crippen LogP contribution >= 0.6 is 0 Å². The Bertz CT molecular complexity index is 587. The molecule has 0 fully saturated rings. The molecule has 1 aromatic rings. The molecule has 0 saturated carbocycles. The molecule has 0 N–H and O–H groups in total. The van der Waals surface area contributed by atoms with E-state index in [-0.39, 0.29) is 11.8 Å². The molecule has 0 radical (unpaired) electrons. The number of methoxy groups -OCH3 is 1. The third kappa shape index (κ3) is 3.35. The van der Waals surface area contributed by atoms with Crippen LogP contribution in [0.25, 0.3) is 6.08 Å². The summed E-state index contributed by atoms with van der Waals surface area (Å²) in [5, 5.41) is 0. The first-order valence-electron chi connectivity index (χ1n) is 6.46. The van der Waals surface area contributed by atoms with Gasteiger partial charge in [0.15, 0.2) is 0 Å². The van der Waals surface area contributed by atoms with E-state index in [1.807, 2.05) is 25.1 Å².